The highest BCUT2D eigenvalue weighted by atomic mass is 16.5. The van der Waals surface area contributed by atoms with E-state index in [1.165, 1.54) is 17.8 Å². The lowest BCUT2D eigenvalue weighted by molar-refractivity contribution is 0.0600. The fraction of sp³-hybridized carbons (Fsp3) is 0.111. The third-order valence-electron chi connectivity index (χ3n) is 1.95. The lowest BCUT2D eigenvalue weighted by Crippen LogP contribution is -2.05. The Bertz CT molecular complexity index is 414. The molecule has 0 bridgehead atoms. The Morgan fingerprint density at radius 2 is 2.23 bits per heavy atom. The number of rotatable bonds is 1. The lowest BCUT2D eigenvalue weighted by atomic mass is 10.2. The molecule has 0 saturated carbocycles. The van der Waals surface area contributed by atoms with E-state index in [0.717, 1.165) is 0 Å². The fourth-order valence-electron chi connectivity index (χ4n) is 1.32. The van der Waals surface area contributed by atoms with Gasteiger partial charge in [0.15, 0.2) is 0 Å². The predicted molar refractivity (Wildman–Crippen MR) is 45.4 cm³/mol. The molecular weight excluding hydrogens is 170 g/mol. The normalized spacial score (nSPS) is 13.2. The highest BCUT2D eigenvalue weighted by Crippen LogP contribution is 2.18. The highest BCUT2D eigenvalue weighted by molar-refractivity contribution is 6.04. The zero-order valence-electron chi connectivity index (χ0n) is 6.98. The Balaban J connectivity index is 2.52. The fourth-order valence-corrected chi connectivity index (χ4v) is 1.32. The lowest BCUT2D eigenvalue weighted by Gasteiger charge is -1.97. The molecular formula is C9H7NO3. The van der Waals surface area contributed by atoms with Crippen molar-refractivity contribution in [3.63, 3.8) is 0 Å². The first-order valence-electron chi connectivity index (χ1n) is 3.76. The van der Waals surface area contributed by atoms with Gasteiger partial charge in [-0.05, 0) is 12.1 Å². The van der Waals surface area contributed by atoms with Crippen molar-refractivity contribution in [3.8, 4) is 0 Å². The van der Waals surface area contributed by atoms with Gasteiger partial charge in [0.1, 0.15) is 0 Å². The van der Waals surface area contributed by atoms with Gasteiger partial charge in [0, 0.05) is 12.3 Å². The molecule has 4 heteroatoms. The molecule has 0 N–H and O–H groups in total. The van der Waals surface area contributed by atoms with Crippen molar-refractivity contribution < 1.29 is 14.3 Å². The van der Waals surface area contributed by atoms with Crippen LogP contribution in [0.15, 0.2) is 18.3 Å². The average Bonchev–Trinajstić information content (AvgIpc) is 2.68. The van der Waals surface area contributed by atoms with Crippen molar-refractivity contribution in [2.75, 3.05) is 7.11 Å². The molecule has 0 unspecified atom stereocenters. The second-order valence-corrected chi connectivity index (χ2v) is 2.65. The molecule has 0 aromatic carbocycles. The minimum atomic E-state index is -0.423. The third-order valence-corrected chi connectivity index (χ3v) is 1.95. The maximum absolute atomic E-state index is 11.2. The molecule has 0 fully saturated rings. The maximum Gasteiger partial charge on any atom is 0.340 e. The van der Waals surface area contributed by atoms with Crippen LogP contribution in [0.4, 0.5) is 0 Å². The van der Waals surface area contributed by atoms with Crippen LogP contribution in [-0.4, -0.2) is 23.6 Å². The van der Waals surface area contributed by atoms with E-state index < -0.39 is 5.97 Å². The first-order chi connectivity index (χ1) is 6.24. The number of aromatic nitrogens is 1. The summed E-state index contributed by atoms with van der Waals surface area (Å²) in [6.45, 7) is 0. The van der Waals surface area contributed by atoms with Crippen LogP contribution in [0.2, 0.25) is 0 Å². The van der Waals surface area contributed by atoms with E-state index in [0.29, 0.717) is 11.3 Å². The second kappa shape index (κ2) is 2.58. The average molecular weight is 177 g/mol. The predicted octanol–water partition coefficient (Wildman–Crippen LogP) is 0.942. The number of carbonyl (C=O) groups excluding carboxylic acids is 2. The van der Waals surface area contributed by atoms with Crippen LogP contribution < -0.4 is 0 Å². The Morgan fingerprint density at radius 1 is 1.46 bits per heavy atom. The van der Waals surface area contributed by atoms with E-state index in [-0.39, 0.29) is 5.91 Å². The molecule has 1 aliphatic heterocycles. The molecule has 1 aromatic heterocycles. The Kier molecular flexibility index (Phi) is 1.55. The third kappa shape index (κ3) is 0.989. The van der Waals surface area contributed by atoms with Gasteiger partial charge < -0.3 is 4.74 Å². The number of allylic oxidation sites excluding steroid dienone is 1. The summed E-state index contributed by atoms with van der Waals surface area (Å²) in [5.41, 5.74) is 1.02. The number of esters is 1. The molecule has 4 nitrogen and oxygen atoms in total. The Hall–Kier alpha value is -1.84. The number of hydrogen-bond donors (Lipinski definition) is 0. The quantitative estimate of drug-likeness (QED) is 0.600. The number of carbonyl (C=O) groups is 2. The smallest absolute Gasteiger partial charge is 0.340 e. The van der Waals surface area contributed by atoms with Gasteiger partial charge in [-0.2, -0.15) is 0 Å². The topological polar surface area (TPSA) is 48.3 Å². The van der Waals surface area contributed by atoms with Crippen LogP contribution in [0.25, 0.3) is 6.08 Å². The van der Waals surface area contributed by atoms with Gasteiger partial charge in [-0.1, -0.05) is 0 Å². The molecule has 0 radical (unpaired) electrons. The van der Waals surface area contributed by atoms with Crippen molar-refractivity contribution in [1.82, 2.24) is 4.57 Å². The van der Waals surface area contributed by atoms with Crippen LogP contribution in [0.1, 0.15) is 20.8 Å². The van der Waals surface area contributed by atoms with E-state index >= 15 is 0 Å². The molecule has 0 saturated heterocycles. The van der Waals surface area contributed by atoms with Crippen LogP contribution in [0.3, 0.4) is 0 Å². The summed E-state index contributed by atoms with van der Waals surface area (Å²) >= 11 is 0. The molecule has 13 heavy (non-hydrogen) atoms. The highest BCUT2D eigenvalue weighted by Gasteiger charge is 2.20. The van der Waals surface area contributed by atoms with Gasteiger partial charge in [-0.3, -0.25) is 9.36 Å². The molecule has 1 aromatic rings. The van der Waals surface area contributed by atoms with Crippen LogP contribution >= 0.6 is 0 Å². The van der Waals surface area contributed by atoms with Crippen molar-refractivity contribution in [3.05, 3.63) is 29.6 Å². The summed E-state index contributed by atoms with van der Waals surface area (Å²) in [6, 6.07) is 1.57. The summed E-state index contributed by atoms with van der Waals surface area (Å²) in [7, 11) is 1.31. The summed E-state index contributed by atoms with van der Waals surface area (Å²) in [5, 5.41) is 0. The SMILES string of the molecule is COC(=O)c1ccn2c1C=CC2=O. The van der Waals surface area contributed by atoms with Gasteiger partial charge in [-0.15, -0.1) is 0 Å². The minimum absolute atomic E-state index is 0.134. The van der Waals surface area contributed by atoms with Crippen LogP contribution in [0, 0.1) is 0 Å². The first kappa shape index (κ1) is 7.79. The van der Waals surface area contributed by atoms with Crippen molar-refractivity contribution >= 4 is 18.0 Å². The Morgan fingerprint density at radius 3 is 2.92 bits per heavy atom. The zero-order valence-corrected chi connectivity index (χ0v) is 6.98. The molecule has 66 valence electrons. The van der Waals surface area contributed by atoms with E-state index in [1.807, 2.05) is 0 Å². The van der Waals surface area contributed by atoms with Gasteiger partial charge in [0.25, 0.3) is 5.91 Å². The molecule has 0 amide bonds. The first-order valence-corrected chi connectivity index (χ1v) is 3.76. The minimum Gasteiger partial charge on any atom is -0.465 e. The summed E-state index contributed by atoms with van der Waals surface area (Å²) in [6.07, 6.45) is 4.58. The molecule has 1 aliphatic rings. The molecule has 0 aliphatic carbocycles. The second-order valence-electron chi connectivity index (χ2n) is 2.65. The van der Waals surface area contributed by atoms with Crippen molar-refractivity contribution in [2.24, 2.45) is 0 Å². The van der Waals surface area contributed by atoms with Gasteiger partial charge in [0.05, 0.1) is 18.4 Å². The van der Waals surface area contributed by atoms with Gasteiger partial charge in [-0.25, -0.2) is 4.79 Å². The molecule has 2 heterocycles. The number of methoxy groups -OCH3 is 1. The zero-order chi connectivity index (χ0) is 9.42. The largest absolute Gasteiger partial charge is 0.465 e. The van der Waals surface area contributed by atoms with Crippen LogP contribution in [0.5, 0.6) is 0 Å². The number of nitrogens with zero attached hydrogens (tertiary/aromatic N) is 1. The summed E-state index contributed by atoms with van der Waals surface area (Å²) in [5.74, 6) is -0.557. The van der Waals surface area contributed by atoms with Crippen molar-refractivity contribution in [1.29, 1.82) is 0 Å². The monoisotopic (exact) mass is 177 g/mol. The van der Waals surface area contributed by atoms with Gasteiger partial charge in [0.2, 0.25) is 0 Å². The summed E-state index contributed by atoms with van der Waals surface area (Å²) < 4.78 is 5.97. The van der Waals surface area contributed by atoms with E-state index in [2.05, 4.69) is 4.74 Å². The summed E-state index contributed by atoms with van der Waals surface area (Å²) in [4.78, 5) is 22.3. The van der Waals surface area contributed by atoms with Crippen LogP contribution in [-0.2, 0) is 4.74 Å². The van der Waals surface area contributed by atoms with E-state index in [4.69, 9.17) is 0 Å². The standard InChI is InChI=1S/C9H7NO3/c1-13-9(12)6-4-5-10-7(6)2-3-8(10)11/h2-5H,1H3. The number of hydrogen-bond acceptors (Lipinski definition) is 3. The molecule has 0 spiro atoms. The maximum atomic E-state index is 11.2. The number of fused-ring (bicyclic) bond motifs is 1. The van der Waals surface area contributed by atoms with Crippen molar-refractivity contribution in [2.45, 2.75) is 0 Å². The van der Waals surface area contributed by atoms with Gasteiger partial charge >= 0.3 is 5.97 Å². The number of ether oxygens (including phenoxy) is 1. The van der Waals surface area contributed by atoms with E-state index in [1.54, 1.807) is 18.3 Å². The van der Waals surface area contributed by atoms with E-state index in [9.17, 15) is 9.59 Å². The Labute approximate surface area is 74.4 Å². The molecule has 2 rings (SSSR count). The molecule has 0 atom stereocenters.